The van der Waals surface area contributed by atoms with Gasteiger partial charge in [0.05, 0.1) is 0 Å². The molecule has 2 heterocycles. The second-order valence-electron chi connectivity index (χ2n) is 4.98. The topological polar surface area (TPSA) is 46.5 Å². The average Bonchev–Trinajstić information content (AvgIpc) is 2.87. The first kappa shape index (κ1) is 13.7. The van der Waals surface area contributed by atoms with Crippen molar-refractivity contribution in [1.82, 2.24) is 19.7 Å². The highest BCUT2D eigenvalue weighted by Gasteiger charge is 2.08. The molecule has 1 N–H and O–H groups in total. The van der Waals surface area contributed by atoms with E-state index in [9.17, 15) is 0 Å². The predicted octanol–water partition coefficient (Wildman–Crippen LogP) is 3.55. The average molecular weight is 296 g/mol. The van der Waals surface area contributed by atoms with E-state index in [0.29, 0.717) is 4.77 Å². The van der Waals surface area contributed by atoms with Gasteiger partial charge in [0, 0.05) is 24.5 Å². The Balaban J connectivity index is 1.86. The van der Waals surface area contributed by atoms with E-state index in [1.165, 1.54) is 11.1 Å². The Kier molecular flexibility index (Phi) is 3.92. The highest BCUT2D eigenvalue weighted by molar-refractivity contribution is 7.71. The Labute approximate surface area is 128 Å². The molecular formula is C16H16N4S. The van der Waals surface area contributed by atoms with Crippen LogP contribution in [0.2, 0.25) is 0 Å². The Morgan fingerprint density at radius 2 is 2.00 bits per heavy atom. The van der Waals surface area contributed by atoms with Crippen molar-refractivity contribution in [1.29, 1.82) is 0 Å². The molecule has 3 rings (SSSR count). The predicted molar refractivity (Wildman–Crippen MR) is 85.5 cm³/mol. The molecule has 0 amide bonds. The van der Waals surface area contributed by atoms with E-state index in [1.807, 2.05) is 16.7 Å². The zero-order chi connectivity index (χ0) is 14.7. The molecule has 0 saturated carbocycles. The summed E-state index contributed by atoms with van der Waals surface area (Å²) in [5, 5.41) is 7.21. The number of nitrogens with zero attached hydrogens (tertiary/aromatic N) is 3. The summed E-state index contributed by atoms with van der Waals surface area (Å²) in [5.74, 6) is 0.857. The third kappa shape index (κ3) is 3.08. The zero-order valence-electron chi connectivity index (χ0n) is 11.8. The number of hydrogen-bond donors (Lipinski definition) is 1. The monoisotopic (exact) mass is 296 g/mol. The number of H-pyrrole nitrogens is 1. The maximum Gasteiger partial charge on any atom is 0.195 e. The lowest BCUT2D eigenvalue weighted by Crippen LogP contribution is -2.04. The molecule has 0 fully saturated rings. The van der Waals surface area contributed by atoms with Gasteiger partial charge in [-0.1, -0.05) is 29.8 Å². The quantitative estimate of drug-likeness (QED) is 0.749. The molecule has 1 aromatic carbocycles. The van der Waals surface area contributed by atoms with Crippen LogP contribution in [0.3, 0.4) is 0 Å². The van der Waals surface area contributed by atoms with Gasteiger partial charge in [0.1, 0.15) is 0 Å². The first-order valence-electron chi connectivity index (χ1n) is 6.85. The molecule has 3 aromatic rings. The summed E-state index contributed by atoms with van der Waals surface area (Å²) in [5.41, 5.74) is 3.60. The molecule has 0 saturated heterocycles. The maximum absolute atomic E-state index is 5.34. The van der Waals surface area contributed by atoms with Gasteiger partial charge in [0.2, 0.25) is 0 Å². The Bertz CT molecular complexity index is 789. The first-order valence-corrected chi connectivity index (χ1v) is 7.26. The van der Waals surface area contributed by atoms with Crippen LogP contribution < -0.4 is 0 Å². The number of aryl methyl sites for hydroxylation is 2. The molecule has 0 radical (unpaired) electrons. The summed E-state index contributed by atoms with van der Waals surface area (Å²) in [4.78, 5) is 4.04. The normalized spacial score (nSPS) is 10.7. The Morgan fingerprint density at radius 3 is 2.76 bits per heavy atom. The van der Waals surface area contributed by atoms with Gasteiger partial charge < -0.3 is 0 Å². The minimum Gasteiger partial charge on any atom is -0.300 e. The summed E-state index contributed by atoms with van der Waals surface area (Å²) in [6.07, 6.45) is 4.45. The fraction of sp³-hybridized carbons (Fsp3) is 0.188. The van der Waals surface area contributed by atoms with Crippen molar-refractivity contribution in [2.45, 2.75) is 19.9 Å². The lowest BCUT2D eigenvalue weighted by Gasteiger charge is -2.07. The number of aromatic nitrogens is 4. The molecule has 0 atom stereocenters. The second kappa shape index (κ2) is 6.01. The van der Waals surface area contributed by atoms with Crippen LogP contribution in [-0.2, 0) is 13.0 Å². The van der Waals surface area contributed by atoms with Crippen LogP contribution in [-0.4, -0.2) is 19.7 Å². The minimum absolute atomic E-state index is 0.648. The smallest absolute Gasteiger partial charge is 0.195 e. The van der Waals surface area contributed by atoms with E-state index in [-0.39, 0.29) is 0 Å². The number of rotatable bonds is 4. The molecular weight excluding hydrogens is 280 g/mol. The van der Waals surface area contributed by atoms with E-state index in [4.69, 9.17) is 12.2 Å². The molecule has 0 unspecified atom stereocenters. The van der Waals surface area contributed by atoms with Gasteiger partial charge in [0.15, 0.2) is 10.6 Å². The van der Waals surface area contributed by atoms with Crippen molar-refractivity contribution >= 4 is 12.2 Å². The molecule has 2 aromatic heterocycles. The van der Waals surface area contributed by atoms with Crippen molar-refractivity contribution in [3.8, 4) is 11.4 Å². The van der Waals surface area contributed by atoms with Crippen LogP contribution in [0.4, 0.5) is 0 Å². The van der Waals surface area contributed by atoms with Crippen LogP contribution >= 0.6 is 12.2 Å². The zero-order valence-corrected chi connectivity index (χ0v) is 12.6. The summed E-state index contributed by atoms with van der Waals surface area (Å²) in [6, 6.07) is 12.4. The molecule has 0 aliphatic rings. The van der Waals surface area contributed by atoms with Crippen molar-refractivity contribution in [3.05, 3.63) is 64.7 Å². The molecule has 0 bridgehead atoms. The SMILES string of the molecule is Cc1cccc(CCn2c(-c3ccncc3)n[nH]c2=S)c1. The number of hydrogen-bond acceptors (Lipinski definition) is 3. The highest BCUT2D eigenvalue weighted by Crippen LogP contribution is 2.16. The largest absolute Gasteiger partial charge is 0.300 e. The molecule has 0 spiro atoms. The summed E-state index contributed by atoms with van der Waals surface area (Å²) in [6.45, 7) is 2.91. The Morgan fingerprint density at radius 1 is 1.19 bits per heavy atom. The van der Waals surface area contributed by atoms with Gasteiger partial charge in [0.25, 0.3) is 0 Å². The summed E-state index contributed by atoms with van der Waals surface area (Å²) < 4.78 is 2.68. The number of benzene rings is 1. The highest BCUT2D eigenvalue weighted by atomic mass is 32.1. The lowest BCUT2D eigenvalue weighted by molar-refractivity contribution is 0.691. The first-order chi connectivity index (χ1) is 10.2. The summed E-state index contributed by atoms with van der Waals surface area (Å²) >= 11 is 5.34. The number of pyridine rings is 1. The third-order valence-electron chi connectivity index (χ3n) is 3.40. The minimum atomic E-state index is 0.648. The lowest BCUT2D eigenvalue weighted by atomic mass is 10.1. The van der Waals surface area contributed by atoms with Crippen molar-refractivity contribution in [2.24, 2.45) is 0 Å². The van der Waals surface area contributed by atoms with Crippen LogP contribution in [0.15, 0.2) is 48.8 Å². The van der Waals surface area contributed by atoms with Gasteiger partial charge in [-0.3, -0.25) is 14.6 Å². The number of nitrogens with one attached hydrogen (secondary N) is 1. The maximum atomic E-state index is 5.34. The van der Waals surface area contributed by atoms with Gasteiger partial charge in [-0.05, 0) is 43.3 Å². The molecule has 4 nitrogen and oxygen atoms in total. The van der Waals surface area contributed by atoms with Gasteiger partial charge in [-0.2, -0.15) is 5.10 Å². The van der Waals surface area contributed by atoms with Crippen LogP contribution in [0.25, 0.3) is 11.4 Å². The van der Waals surface area contributed by atoms with Crippen molar-refractivity contribution in [3.63, 3.8) is 0 Å². The van der Waals surface area contributed by atoms with Crippen molar-refractivity contribution in [2.75, 3.05) is 0 Å². The van der Waals surface area contributed by atoms with Gasteiger partial charge >= 0.3 is 0 Å². The van der Waals surface area contributed by atoms with Crippen LogP contribution in [0, 0.1) is 11.7 Å². The van der Waals surface area contributed by atoms with Crippen LogP contribution in [0.1, 0.15) is 11.1 Å². The van der Waals surface area contributed by atoms with E-state index in [1.54, 1.807) is 12.4 Å². The number of aromatic amines is 1. The Hall–Kier alpha value is -2.27. The second-order valence-corrected chi connectivity index (χ2v) is 5.37. The molecule has 0 aliphatic carbocycles. The van der Waals surface area contributed by atoms with E-state index < -0.39 is 0 Å². The molecule has 21 heavy (non-hydrogen) atoms. The summed E-state index contributed by atoms with van der Waals surface area (Å²) in [7, 11) is 0. The molecule has 106 valence electrons. The fourth-order valence-electron chi connectivity index (χ4n) is 2.36. The fourth-order valence-corrected chi connectivity index (χ4v) is 2.58. The van der Waals surface area contributed by atoms with Crippen LogP contribution in [0.5, 0.6) is 0 Å². The van der Waals surface area contributed by atoms with Crippen molar-refractivity contribution < 1.29 is 0 Å². The standard InChI is InChI=1S/C16H16N4S/c1-12-3-2-4-13(11-12)7-10-20-15(18-19-16(20)21)14-5-8-17-9-6-14/h2-6,8-9,11H,7,10H2,1H3,(H,19,21). The van der Waals surface area contributed by atoms with E-state index in [2.05, 4.69) is 46.4 Å². The van der Waals surface area contributed by atoms with E-state index in [0.717, 1.165) is 24.4 Å². The molecule has 0 aliphatic heterocycles. The molecule has 5 heteroatoms. The van der Waals surface area contributed by atoms with Gasteiger partial charge in [-0.25, -0.2) is 0 Å². The third-order valence-corrected chi connectivity index (χ3v) is 3.72. The van der Waals surface area contributed by atoms with E-state index >= 15 is 0 Å². The van der Waals surface area contributed by atoms with Gasteiger partial charge in [-0.15, -0.1) is 0 Å².